The standard InChI is InChI=1S/C20H16ClNO2S2/c1-2-11-22-19(23)18(26-20(22)25)12-14-7-4-6-10-17(14)24-13-15-8-3-5-9-16(15)21/h2-10,12H,1,11,13H2. The van der Waals surface area contributed by atoms with Crippen LogP contribution >= 0.6 is 35.6 Å². The van der Waals surface area contributed by atoms with Gasteiger partial charge in [-0.15, -0.1) is 6.58 Å². The molecule has 0 unspecified atom stereocenters. The number of halogens is 1. The van der Waals surface area contributed by atoms with Crippen molar-refractivity contribution < 1.29 is 9.53 Å². The molecule has 2 aromatic rings. The molecule has 1 aliphatic rings. The zero-order valence-corrected chi connectivity index (χ0v) is 16.2. The maximum atomic E-state index is 12.5. The van der Waals surface area contributed by atoms with Gasteiger partial charge >= 0.3 is 0 Å². The summed E-state index contributed by atoms with van der Waals surface area (Å²) in [5.74, 6) is 0.571. The summed E-state index contributed by atoms with van der Waals surface area (Å²) in [5.41, 5.74) is 1.72. The Morgan fingerprint density at radius 1 is 1.19 bits per heavy atom. The van der Waals surface area contributed by atoms with E-state index < -0.39 is 0 Å². The molecule has 1 heterocycles. The fourth-order valence-corrected chi connectivity index (χ4v) is 3.89. The number of thioether (sulfide) groups is 1. The van der Waals surface area contributed by atoms with E-state index in [1.54, 1.807) is 6.08 Å². The monoisotopic (exact) mass is 401 g/mol. The number of amides is 1. The lowest BCUT2D eigenvalue weighted by Crippen LogP contribution is -2.27. The second-order valence-corrected chi connectivity index (χ2v) is 7.58. The molecule has 132 valence electrons. The Balaban J connectivity index is 1.81. The minimum Gasteiger partial charge on any atom is -0.488 e. The van der Waals surface area contributed by atoms with E-state index in [9.17, 15) is 4.79 Å². The van der Waals surface area contributed by atoms with E-state index in [0.29, 0.717) is 33.1 Å². The fourth-order valence-electron chi connectivity index (χ4n) is 2.43. The molecular formula is C20H16ClNO2S2. The Morgan fingerprint density at radius 3 is 2.69 bits per heavy atom. The predicted octanol–water partition coefficient (Wildman–Crippen LogP) is 5.31. The van der Waals surface area contributed by atoms with Gasteiger partial charge in [-0.3, -0.25) is 9.69 Å². The van der Waals surface area contributed by atoms with Crippen molar-refractivity contribution in [2.45, 2.75) is 6.61 Å². The number of carbonyl (C=O) groups is 1. The zero-order chi connectivity index (χ0) is 18.5. The number of carbonyl (C=O) groups excluding carboxylic acids is 1. The van der Waals surface area contributed by atoms with Crippen molar-refractivity contribution in [3.63, 3.8) is 0 Å². The third-order valence-electron chi connectivity index (χ3n) is 3.73. The first-order valence-electron chi connectivity index (χ1n) is 7.91. The van der Waals surface area contributed by atoms with Crippen molar-refractivity contribution in [2.24, 2.45) is 0 Å². The highest BCUT2D eigenvalue weighted by atomic mass is 35.5. The molecule has 0 aromatic heterocycles. The summed E-state index contributed by atoms with van der Waals surface area (Å²) in [4.78, 5) is 14.6. The Bertz CT molecular complexity index is 895. The minimum atomic E-state index is -0.110. The quantitative estimate of drug-likeness (QED) is 0.373. The molecule has 2 aromatic carbocycles. The van der Waals surface area contributed by atoms with Crippen molar-refractivity contribution in [1.82, 2.24) is 4.90 Å². The molecule has 26 heavy (non-hydrogen) atoms. The van der Waals surface area contributed by atoms with E-state index in [0.717, 1.165) is 11.1 Å². The van der Waals surface area contributed by atoms with Gasteiger partial charge in [0.05, 0.1) is 4.91 Å². The average molecular weight is 402 g/mol. The average Bonchev–Trinajstić information content (AvgIpc) is 2.90. The molecule has 0 atom stereocenters. The molecule has 0 radical (unpaired) electrons. The fraction of sp³-hybridized carbons (Fsp3) is 0.100. The van der Waals surface area contributed by atoms with Crippen LogP contribution in [0.15, 0.2) is 66.1 Å². The van der Waals surface area contributed by atoms with Crippen molar-refractivity contribution in [3.8, 4) is 5.75 Å². The van der Waals surface area contributed by atoms with Crippen LogP contribution in [0.5, 0.6) is 5.75 Å². The number of ether oxygens (including phenoxy) is 1. The summed E-state index contributed by atoms with van der Waals surface area (Å²) in [6.45, 7) is 4.42. The highest BCUT2D eigenvalue weighted by molar-refractivity contribution is 8.26. The molecule has 0 spiro atoms. The number of para-hydroxylation sites is 1. The third kappa shape index (κ3) is 4.18. The van der Waals surface area contributed by atoms with Crippen LogP contribution in [-0.4, -0.2) is 21.7 Å². The smallest absolute Gasteiger partial charge is 0.266 e. The van der Waals surface area contributed by atoms with Crippen LogP contribution < -0.4 is 4.74 Å². The normalized spacial score (nSPS) is 15.6. The lowest BCUT2D eigenvalue weighted by Gasteiger charge is -2.11. The van der Waals surface area contributed by atoms with Crippen LogP contribution in [0.3, 0.4) is 0 Å². The molecular weight excluding hydrogens is 386 g/mol. The third-order valence-corrected chi connectivity index (χ3v) is 5.48. The highest BCUT2D eigenvalue weighted by Crippen LogP contribution is 2.34. The van der Waals surface area contributed by atoms with Gasteiger partial charge in [0.2, 0.25) is 0 Å². The van der Waals surface area contributed by atoms with E-state index in [-0.39, 0.29) is 5.91 Å². The van der Waals surface area contributed by atoms with Gasteiger partial charge in [0.1, 0.15) is 16.7 Å². The van der Waals surface area contributed by atoms with Crippen LogP contribution in [0.2, 0.25) is 5.02 Å². The second kappa shape index (κ2) is 8.54. The molecule has 0 aliphatic carbocycles. The Morgan fingerprint density at radius 2 is 1.92 bits per heavy atom. The van der Waals surface area contributed by atoms with E-state index >= 15 is 0 Å². The first-order valence-corrected chi connectivity index (χ1v) is 9.52. The highest BCUT2D eigenvalue weighted by Gasteiger charge is 2.31. The summed E-state index contributed by atoms with van der Waals surface area (Å²) in [5, 5.41) is 0.662. The van der Waals surface area contributed by atoms with Gasteiger partial charge in [-0.05, 0) is 18.2 Å². The van der Waals surface area contributed by atoms with Crippen molar-refractivity contribution in [1.29, 1.82) is 0 Å². The number of nitrogens with zero attached hydrogens (tertiary/aromatic N) is 1. The van der Waals surface area contributed by atoms with E-state index in [4.69, 9.17) is 28.6 Å². The Kier molecular flexibility index (Phi) is 6.14. The van der Waals surface area contributed by atoms with Gasteiger partial charge in [-0.1, -0.05) is 78.1 Å². The number of thiocarbonyl (C=S) groups is 1. The van der Waals surface area contributed by atoms with E-state index in [1.807, 2.05) is 54.6 Å². The van der Waals surface area contributed by atoms with Gasteiger partial charge < -0.3 is 4.74 Å². The molecule has 0 saturated carbocycles. The summed E-state index contributed by atoms with van der Waals surface area (Å²) >= 11 is 12.7. The van der Waals surface area contributed by atoms with Gasteiger partial charge in [0, 0.05) is 22.7 Å². The number of benzene rings is 2. The van der Waals surface area contributed by atoms with Crippen LogP contribution in [0, 0.1) is 0 Å². The molecule has 0 N–H and O–H groups in total. The van der Waals surface area contributed by atoms with E-state index in [1.165, 1.54) is 16.7 Å². The van der Waals surface area contributed by atoms with Crippen LogP contribution in [0.4, 0.5) is 0 Å². The Hall–Kier alpha value is -2.08. The lowest BCUT2D eigenvalue weighted by atomic mass is 10.1. The number of hydrogen-bond acceptors (Lipinski definition) is 4. The molecule has 3 rings (SSSR count). The number of rotatable bonds is 6. The minimum absolute atomic E-state index is 0.110. The number of hydrogen-bond donors (Lipinski definition) is 0. The lowest BCUT2D eigenvalue weighted by molar-refractivity contribution is -0.121. The predicted molar refractivity (Wildman–Crippen MR) is 112 cm³/mol. The van der Waals surface area contributed by atoms with Crippen molar-refractivity contribution in [3.05, 3.63) is 82.2 Å². The SMILES string of the molecule is C=CCN1C(=O)C(=Cc2ccccc2OCc2ccccc2Cl)SC1=S. The molecule has 1 amide bonds. The maximum Gasteiger partial charge on any atom is 0.266 e. The maximum absolute atomic E-state index is 12.5. The molecule has 0 bridgehead atoms. The topological polar surface area (TPSA) is 29.5 Å². The largest absolute Gasteiger partial charge is 0.488 e. The summed E-state index contributed by atoms with van der Waals surface area (Å²) < 4.78 is 6.48. The van der Waals surface area contributed by atoms with Gasteiger partial charge in [0.15, 0.2) is 0 Å². The summed E-state index contributed by atoms with van der Waals surface area (Å²) in [6, 6.07) is 15.1. The van der Waals surface area contributed by atoms with Gasteiger partial charge in [-0.25, -0.2) is 0 Å². The molecule has 1 saturated heterocycles. The first kappa shape index (κ1) is 18.7. The molecule has 1 aliphatic heterocycles. The van der Waals surface area contributed by atoms with Crippen molar-refractivity contribution >= 4 is 51.9 Å². The molecule has 6 heteroatoms. The summed E-state index contributed by atoms with van der Waals surface area (Å²) in [7, 11) is 0. The first-order chi connectivity index (χ1) is 12.6. The van der Waals surface area contributed by atoms with Crippen molar-refractivity contribution in [2.75, 3.05) is 6.54 Å². The zero-order valence-electron chi connectivity index (χ0n) is 13.9. The van der Waals surface area contributed by atoms with Gasteiger partial charge in [-0.2, -0.15) is 0 Å². The Labute approximate surface area is 167 Å². The van der Waals surface area contributed by atoms with Crippen LogP contribution in [0.1, 0.15) is 11.1 Å². The molecule has 1 fully saturated rings. The summed E-state index contributed by atoms with van der Waals surface area (Å²) in [6.07, 6.45) is 3.47. The second-order valence-electron chi connectivity index (χ2n) is 5.50. The van der Waals surface area contributed by atoms with E-state index in [2.05, 4.69) is 6.58 Å². The molecule has 3 nitrogen and oxygen atoms in total. The van der Waals surface area contributed by atoms with Crippen LogP contribution in [0.25, 0.3) is 6.08 Å². The van der Waals surface area contributed by atoms with Gasteiger partial charge in [0.25, 0.3) is 5.91 Å². The van der Waals surface area contributed by atoms with Crippen LogP contribution in [-0.2, 0) is 11.4 Å².